The van der Waals surface area contributed by atoms with E-state index in [1.807, 2.05) is 6.08 Å². The van der Waals surface area contributed by atoms with Crippen LogP contribution in [0.1, 0.15) is 109 Å². The summed E-state index contributed by atoms with van der Waals surface area (Å²) in [6, 6.07) is 9.12. The Morgan fingerprint density at radius 1 is 0.643 bits per heavy atom. The Labute approximate surface area is 176 Å². The first-order valence-electron chi connectivity index (χ1n) is 12.3. The molecule has 0 aliphatic carbocycles. The molecule has 0 N–H and O–H groups in total. The summed E-state index contributed by atoms with van der Waals surface area (Å²) in [5, 5.41) is 0. The zero-order chi connectivity index (χ0) is 20.5. The van der Waals surface area contributed by atoms with E-state index in [0.717, 1.165) is 0 Å². The number of hydrogen-bond acceptors (Lipinski definition) is 0. The summed E-state index contributed by atoms with van der Waals surface area (Å²) in [4.78, 5) is 0. The van der Waals surface area contributed by atoms with Crippen molar-refractivity contribution >= 4 is 6.08 Å². The van der Waals surface area contributed by atoms with E-state index >= 15 is 0 Å². The van der Waals surface area contributed by atoms with Crippen molar-refractivity contribution in [1.29, 1.82) is 0 Å². The molecule has 1 aromatic rings. The molecule has 160 valence electrons. The molecule has 0 spiro atoms. The van der Waals surface area contributed by atoms with Gasteiger partial charge in [0.25, 0.3) is 0 Å². The number of unbranched alkanes of at least 4 members (excludes halogenated alkanes) is 9. The normalized spacial score (nSPS) is 11.7. The lowest BCUT2D eigenvalue weighted by Crippen LogP contribution is -2.49. The first kappa shape index (κ1) is 25.0. The molecule has 0 fully saturated rings. The molecule has 0 unspecified atom stereocenters. The van der Waals surface area contributed by atoms with Gasteiger partial charge in [0.1, 0.15) is 6.54 Å². The van der Waals surface area contributed by atoms with Crippen LogP contribution in [-0.4, -0.2) is 24.1 Å². The Kier molecular flexibility index (Phi) is 14.1. The third-order valence-electron chi connectivity index (χ3n) is 6.19. The highest BCUT2D eigenvalue weighted by molar-refractivity contribution is 5.47. The Balaban J connectivity index is 2.64. The Hall–Kier alpha value is -1.08. The summed E-state index contributed by atoms with van der Waals surface area (Å²) in [5.74, 6) is 0. The minimum absolute atomic E-state index is 1.20. The molecule has 0 saturated carbocycles. The Morgan fingerprint density at radius 3 is 1.61 bits per heavy atom. The molecular formula is C27H48N+. The van der Waals surface area contributed by atoms with E-state index < -0.39 is 0 Å². The summed E-state index contributed by atoms with van der Waals surface area (Å²) in [6.45, 7) is 16.1. The van der Waals surface area contributed by atoms with Crippen molar-refractivity contribution in [3.8, 4) is 0 Å². The van der Waals surface area contributed by atoms with E-state index in [-0.39, 0.29) is 0 Å². The van der Waals surface area contributed by atoms with Crippen molar-refractivity contribution in [2.75, 3.05) is 19.6 Å². The molecule has 0 amide bonds. The number of nitrogens with zero attached hydrogens (tertiary/aromatic N) is 1. The maximum absolute atomic E-state index is 3.89. The molecule has 1 aromatic carbocycles. The van der Waals surface area contributed by atoms with Crippen molar-refractivity contribution < 1.29 is 4.48 Å². The van der Waals surface area contributed by atoms with Crippen molar-refractivity contribution in [3.05, 3.63) is 42.0 Å². The van der Waals surface area contributed by atoms with Gasteiger partial charge in [-0.15, -0.1) is 0 Å². The highest BCUT2D eigenvalue weighted by Gasteiger charge is 2.26. The van der Waals surface area contributed by atoms with E-state index in [4.69, 9.17) is 0 Å². The van der Waals surface area contributed by atoms with Crippen LogP contribution < -0.4 is 0 Å². The topological polar surface area (TPSA) is 0 Å². The van der Waals surface area contributed by atoms with Crippen LogP contribution >= 0.6 is 0 Å². The van der Waals surface area contributed by atoms with Crippen LogP contribution in [0.4, 0.5) is 0 Å². The van der Waals surface area contributed by atoms with Crippen molar-refractivity contribution in [3.63, 3.8) is 0 Å². The van der Waals surface area contributed by atoms with Gasteiger partial charge in [-0.2, -0.15) is 0 Å². The SMILES string of the molecule is C=Cc1ccc(C[N+](CCCC)(CCCC)CCCCCCCCCC)cc1. The summed E-state index contributed by atoms with van der Waals surface area (Å²) in [5.41, 5.74) is 2.73. The fourth-order valence-corrected chi connectivity index (χ4v) is 4.29. The lowest BCUT2D eigenvalue weighted by Gasteiger charge is -2.39. The molecule has 1 heteroatoms. The minimum Gasteiger partial charge on any atom is -0.320 e. The van der Waals surface area contributed by atoms with Gasteiger partial charge in [0.15, 0.2) is 0 Å². The third-order valence-corrected chi connectivity index (χ3v) is 6.19. The van der Waals surface area contributed by atoms with Crippen LogP contribution in [0.5, 0.6) is 0 Å². The van der Waals surface area contributed by atoms with E-state index in [1.54, 1.807) is 0 Å². The fourth-order valence-electron chi connectivity index (χ4n) is 4.29. The molecule has 0 saturated heterocycles. The van der Waals surface area contributed by atoms with Gasteiger partial charge in [-0.25, -0.2) is 0 Å². The van der Waals surface area contributed by atoms with Gasteiger partial charge in [0, 0.05) is 5.56 Å². The van der Waals surface area contributed by atoms with Crippen LogP contribution in [-0.2, 0) is 6.54 Å². The van der Waals surface area contributed by atoms with Gasteiger partial charge in [-0.3, -0.25) is 0 Å². The third kappa shape index (κ3) is 10.5. The minimum atomic E-state index is 1.20. The van der Waals surface area contributed by atoms with E-state index in [9.17, 15) is 0 Å². The van der Waals surface area contributed by atoms with Crippen LogP contribution in [0.15, 0.2) is 30.8 Å². The molecule has 0 aromatic heterocycles. The van der Waals surface area contributed by atoms with E-state index in [2.05, 4.69) is 51.6 Å². The lowest BCUT2D eigenvalue weighted by molar-refractivity contribution is -0.941. The van der Waals surface area contributed by atoms with Gasteiger partial charge in [-0.05, 0) is 31.2 Å². The van der Waals surface area contributed by atoms with E-state index in [0.29, 0.717) is 0 Å². The monoisotopic (exact) mass is 386 g/mol. The summed E-state index contributed by atoms with van der Waals surface area (Å²) in [7, 11) is 0. The highest BCUT2D eigenvalue weighted by atomic mass is 15.3. The zero-order valence-electron chi connectivity index (χ0n) is 19.4. The largest absolute Gasteiger partial charge is 0.320 e. The Bertz CT molecular complexity index is 479. The molecule has 0 atom stereocenters. The average molecular weight is 387 g/mol. The number of hydrogen-bond donors (Lipinski definition) is 0. The van der Waals surface area contributed by atoms with Gasteiger partial charge >= 0.3 is 0 Å². The average Bonchev–Trinajstić information content (AvgIpc) is 2.73. The first-order valence-corrected chi connectivity index (χ1v) is 12.3. The molecule has 1 rings (SSSR count). The second kappa shape index (κ2) is 15.8. The predicted molar refractivity (Wildman–Crippen MR) is 128 cm³/mol. The second-order valence-electron chi connectivity index (χ2n) is 8.80. The molecule has 0 radical (unpaired) electrons. The van der Waals surface area contributed by atoms with Crippen LogP contribution in [0.2, 0.25) is 0 Å². The molecule has 1 nitrogen and oxygen atoms in total. The fraction of sp³-hybridized carbons (Fsp3) is 0.704. The van der Waals surface area contributed by atoms with Gasteiger partial charge in [-0.1, -0.05) is 109 Å². The van der Waals surface area contributed by atoms with Gasteiger partial charge < -0.3 is 4.48 Å². The van der Waals surface area contributed by atoms with E-state index in [1.165, 1.54) is 119 Å². The standard InChI is InChI=1S/C27H48N/c1-5-9-12-13-14-15-16-17-24-28(22-10-6-2,23-11-7-3)25-27-20-18-26(8-4)19-21-27/h8,18-21H,4-7,9-17,22-25H2,1-3H3/q+1. The van der Waals surface area contributed by atoms with Crippen LogP contribution in [0, 0.1) is 0 Å². The highest BCUT2D eigenvalue weighted by Crippen LogP contribution is 2.21. The van der Waals surface area contributed by atoms with Gasteiger partial charge in [0.05, 0.1) is 19.6 Å². The molecule has 0 heterocycles. The second-order valence-corrected chi connectivity index (χ2v) is 8.80. The van der Waals surface area contributed by atoms with Gasteiger partial charge in [0.2, 0.25) is 0 Å². The summed E-state index contributed by atoms with van der Waals surface area (Å²) in [6.07, 6.45) is 18.6. The lowest BCUT2D eigenvalue weighted by atomic mass is 10.1. The summed E-state index contributed by atoms with van der Waals surface area (Å²) >= 11 is 0. The van der Waals surface area contributed by atoms with Crippen LogP contribution in [0.3, 0.4) is 0 Å². The van der Waals surface area contributed by atoms with Crippen LogP contribution in [0.25, 0.3) is 6.08 Å². The number of quaternary nitrogens is 1. The molecule has 0 bridgehead atoms. The summed E-state index contributed by atoms with van der Waals surface area (Å²) < 4.78 is 1.30. The first-order chi connectivity index (χ1) is 13.7. The van der Waals surface area contributed by atoms with Crippen molar-refractivity contribution in [1.82, 2.24) is 0 Å². The Morgan fingerprint density at radius 2 is 1.11 bits per heavy atom. The molecular weight excluding hydrogens is 338 g/mol. The zero-order valence-corrected chi connectivity index (χ0v) is 19.4. The molecule has 0 aliphatic heterocycles. The molecule has 28 heavy (non-hydrogen) atoms. The number of rotatable bonds is 18. The number of benzene rings is 1. The maximum Gasteiger partial charge on any atom is 0.104 e. The predicted octanol–water partition coefficient (Wildman–Crippen LogP) is 8.39. The van der Waals surface area contributed by atoms with Crippen molar-refractivity contribution in [2.45, 2.75) is 104 Å². The molecule has 0 aliphatic rings. The quantitative estimate of drug-likeness (QED) is 0.175. The van der Waals surface area contributed by atoms with Crippen molar-refractivity contribution in [2.24, 2.45) is 0 Å². The smallest absolute Gasteiger partial charge is 0.104 e. The maximum atomic E-state index is 3.89.